The fraction of sp³-hybridized carbons (Fsp3) is 0.533. The summed E-state index contributed by atoms with van der Waals surface area (Å²) in [4.78, 5) is 13.9. The minimum absolute atomic E-state index is 0. The van der Waals surface area contributed by atoms with E-state index in [1.165, 1.54) is 0 Å². The van der Waals surface area contributed by atoms with E-state index in [2.05, 4.69) is 10.2 Å². The van der Waals surface area contributed by atoms with Crippen LogP contribution in [0, 0.1) is 5.92 Å². The zero-order valence-electron chi connectivity index (χ0n) is 12.2. The second-order valence-electron chi connectivity index (χ2n) is 5.14. The SMILES string of the molecule is Cl.NCC1CCN(CC(=O)NCCOc2ccccc2)C1. The highest BCUT2D eigenvalue weighted by atomic mass is 35.5. The van der Waals surface area contributed by atoms with Crippen molar-refractivity contribution in [2.24, 2.45) is 11.7 Å². The number of benzene rings is 1. The molecular weight excluding hydrogens is 290 g/mol. The van der Waals surface area contributed by atoms with E-state index < -0.39 is 0 Å². The van der Waals surface area contributed by atoms with Crippen LogP contribution in [0.3, 0.4) is 0 Å². The van der Waals surface area contributed by atoms with Gasteiger partial charge in [0.25, 0.3) is 0 Å². The molecule has 1 saturated heterocycles. The van der Waals surface area contributed by atoms with Crippen LogP contribution >= 0.6 is 12.4 Å². The van der Waals surface area contributed by atoms with Crippen molar-refractivity contribution in [2.75, 3.05) is 39.3 Å². The minimum Gasteiger partial charge on any atom is -0.492 e. The molecule has 1 heterocycles. The molecule has 1 amide bonds. The third-order valence-corrected chi connectivity index (χ3v) is 3.51. The molecule has 1 aliphatic rings. The Morgan fingerprint density at radius 2 is 2.14 bits per heavy atom. The van der Waals surface area contributed by atoms with Crippen LogP contribution < -0.4 is 15.8 Å². The van der Waals surface area contributed by atoms with Crippen molar-refractivity contribution in [3.05, 3.63) is 30.3 Å². The molecule has 0 bridgehead atoms. The predicted octanol–water partition coefficient (Wildman–Crippen LogP) is 0.884. The molecule has 1 atom stereocenters. The summed E-state index contributed by atoms with van der Waals surface area (Å²) in [5, 5.41) is 2.88. The van der Waals surface area contributed by atoms with E-state index in [4.69, 9.17) is 10.5 Å². The van der Waals surface area contributed by atoms with Gasteiger partial charge < -0.3 is 15.8 Å². The van der Waals surface area contributed by atoms with E-state index in [1.54, 1.807) is 0 Å². The smallest absolute Gasteiger partial charge is 0.234 e. The number of nitrogens with one attached hydrogen (secondary N) is 1. The van der Waals surface area contributed by atoms with Crippen molar-refractivity contribution in [2.45, 2.75) is 6.42 Å². The fourth-order valence-electron chi connectivity index (χ4n) is 2.38. The summed E-state index contributed by atoms with van der Waals surface area (Å²) in [7, 11) is 0. The minimum atomic E-state index is 0. The second-order valence-corrected chi connectivity index (χ2v) is 5.14. The summed E-state index contributed by atoms with van der Waals surface area (Å²) in [6, 6.07) is 9.60. The third kappa shape index (κ3) is 6.33. The number of likely N-dealkylation sites (tertiary alicyclic amines) is 1. The summed E-state index contributed by atoms with van der Waals surface area (Å²) in [6.45, 7) is 4.09. The standard InChI is InChI=1S/C15H23N3O2.ClH/c16-10-13-6-8-18(11-13)12-15(19)17-7-9-20-14-4-2-1-3-5-14;/h1-5,13H,6-12,16H2,(H,17,19);1H. The number of nitrogens with zero attached hydrogens (tertiary/aromatic N) is 1. The van der Waals surface area contributed by atoms with Gasteiger partial charge in [0.1, 0.15) is 12.4 Å². The van der Waals surface area contributed by atoms with Gasteiger partial charge in [0.05, 0.1) is 13.1 Å². The molecule has 1 aromatic carbocycles. The maximum absolute atomic E-state index is 11.8. The van der Waals surface area contributed by atoms with Crippen molar-refractivity contribution < 1.29 is 9.53 Å². The molecule has 1 aromatic rings. The number of hydrogen-bond acceptors (Lipinski definition) is 4. The quantitative estimate of drug-likeness (QED) is 0.734. The van der Waals surface area contributed by atoms with Crippen molar-refractivity contribution >= 4 is 18.3 Å². The van der Waals surface area contributed by atoms with Crippen LogP contribution in [0.2, 0.25) is 0 Å². The van der Waals surface area contributed by atoms with Gasteiger partial charge in [-0.05, 0) is 37.6 Å². The Morgan fingerprint density at radius 3 is 2.81 bits per heavy atom. The van der Waals surface area contributed by atoms with Gasteiger partial charge in [-0.25, -0.2) is 0 Å². The summed E-state index contributed by atoms with van der Waals surface area (Å²) in [6.07, 6.45) is 1.10. The molecule has 0 saturated carbocycles. The lowest BCUT2D eigenvalue weighted by atomic mass is 10.1. The highest BCUT2D eigenvalue weighted by Crippen LogP contribution is 2.13. The van der Waals surface area contributed by atoms with E-state index in [1.807, 2.05) is 30.3 Å². The van der Waals surface area contributed by atoms with Crippen molar-refractivity contribution in [1.29, 1.82) is 0 Å². The van der Waals surface area contributed by atoms with Gasteiger partial charge in [0.15, 0.2) is 0 Å². The van der Waals surface area contributed by atoms with Crippen LogP contribution in [0.4, 0.5) is 0 Å². The topological polar surface area (TPSA) is 67.6 Å². The predicted molar refractivity (Wildman–Crippen MR) is 85.8 cm³/mol. The van der Waals surface area contributed by atoms with Gasteiger partial charge >= 0.3 is 0 Å². The summed E-state index contributed by atoms with van der Waals surface area (Å²) in [5.74, 6) is 1.43. The number of para-hydroxylation sites is 1. The molecule has 118 valence electrons. The first-order chi connectivity index (χ1) is 9.78. The molecule has 0 radical (unpaired) electrons. The summed E-state index contributed by atoms with van der Waals surface area (Å²) in [5.41, 5.74) is 5.64. The second kappa shape index (κ2) is 9.60. The van der Waals surface area contributed by atoms with Crippen LogP contribution in [-0.4, -0.2) is 50.1 Å². The highest BCUT2D eigenvalue weighted by Gasteiger charge is 2.22. The number of ether oxygens (including phenoxy) is 1. The van der Waals surface area contributed by atoms with Crippen molar-refractivity contribution in [3.8, 4) is 5.75 Å². The van der Waals surface area contributed by atoms with Gasteiger partial charge in [0.2, 0.25) is 5.91 Å². The molecule has 0 spiro atoms. The summed E-state index contributed by atoms with van der Waals surface area (Å²) < 4.78 is 5.52. The lowest BCUT2D eigenvalue weighted by molar-refractivity contribution is -0.122. The molecule has 3 N–H and O–H groups in total. The lowest BCUT2D eigenvalue weighted by Crippen LogP contribution is -2.38. The van der Waals surface area contributed by atoms with E-state index in [-0.39, 0.29) is 18.3 Å². The fourth-order valence-corrected chi connectivity index (χ4v) is 2.38. The Hall–Kier alpha value is -1.30. The molecule has 6 heteroatoms. The Morgan fingerprint density at radius 1 is 1.38 bits per heavy atom. The first-order valence-electron chi connectivity index (χ1n) is 7.15. The van der Waals surface area contributed by atoms with E-state index >= 15 is 0 Å². The Bertz CT molecular complexity index is 417. The number of amides is 1. The van der Waals surface area contributed by atoms with Crippen molar-refractivity contribution in [1.82, 2.24) is 10.2 Å². The van der Waals surface area contributed by atoms with E-state index in [0.717, 1.165) is 25.3 Å². The molecule has 0 aromatic heterocycles. The maximum Gasteiger partial charge on any atom is 0.234 e. The molecule has 1 aliphatic heterocycles. The molecule has 0 aliphatic carbocycles. The molecule has 1 unspecified atom stereocenters. The zero-order valence-corrected chi connectivity index (χ0v) is 13.0. The van der Waals surface area contributed by atoms with Crippen LogP contribution in [0.5, 0.6) is 5.75 Å². The Balaban J connectivity index is 0.00000220. The number of rotatable bonds is 7. The monoisotopic (exact) mass is 313 g/mol. The first kappa shape index (κ1) is 17.8. The lowest BCUT2D eigenvalue weighted by Gasteiger charge is -2.15. The number of nitrogens with two attached hydrogens (primary N) is 1. The number of carbonyl (C=O) groups is 1. The average molecular weight is 314 g/mol. The van der Waals surface area contributed by atoms with E-state index in [9.17, 15) is 4.79 Å². The molecule has 5 nitrogen and oxygen atoms in total. The van der Waals surface area contributed by atoms with Gasteiger partial charge in [-0.15, -0.1) is 12.4 Å². The molecular formula is C15H24ClN3O2. The molecule has 2 rings (SSSR count). The Labute approximate surface area is 132 Å². The summed E-state index contributed by atoms with van der Waals surface area (Å²) >= 11 is 0. The van der Waals surface area contributed by atoms with Crippen LogP contribution in [0.15, 0.2) is 30.3 Å². The normalized spacial score (nSPS) is 18.0. The number of hydrogen-bond donors (Lipinski definition) is 2. The molecule has 21 heavy (non-hydrogen) atoms. The highest BCUT2D eigenvalue weighted by molar-refractivity contribution is 5.85. The van der Waals surface area contributed by atoms with Crippen molar-refractivity contribution in [3.63, 3.8) is 0 Å². The Kier molecular flexibility index (Phi) is 8.12. The van der Waals surface area contributed by atoms with E-state index in [0.29, 0.717) is 32.2 Å². The number of halogens is 1. The molecule has 1 fully saturated rings. The maximum atomic E-state index is 11.8. The van der Waals surface area contributed by atoms with Crippen LogP contribution in [0.25, 0.3) is 0 Å². The van der Waals surface area contributed by atoms with Gasteiger partial charge in [0, 0.05) is 6.54 Å². The third-order valence-electron chi connectivity index (χ3n) is 3.51. The zero-order chi connectivity index (χ0) is 14.2. The average Bonchev–Trinajstić information content (AvgIpc) is 2.92. The van der Waals surface area contributed by atoms with Gasteiger partial charge in [-0.3, -0.25) is 9.69 Å². The van der Waals surface area contributed by atoms with Crippen LogP contribution in [-0.2, 0) is 4.79 Å². The van der Waals surface area contributed by atoms with Gasteiger partial charge in [-0.2, -0.15) is 0 Å². The van der Waals surface area contributed by atoms with Gasteiger partial charge in [-0.1, -0.05) is 18.2 Å². The first-order valence-corrected chi connectivity index (χ1v) is 7.15. The number of carbonyl (C=O) groups excluding carboxylic acids is 1. The largest absolute Gasteiger partial charge is 0.492 e. The van der Waals surface area contributed by atoms with Crippen LogP contribution in [0.1, 0.15) is 6.42 Å².